The van der Waals surface area contributed by atoms with Crippen molar-refractivity contribution in [1.82, 2.24) is 0 Å². The standard InChI is InChI=1S/C18H18F3O5PS/c1-17(2,3)27(22)11-25-15-13(12-7-5-4-6-8-12)9-10-14(16(15)27)26-28(23,24)18(19,20)21/h4-10H,11H2,1-3H3/t27-/m1/s1. The Hall–Kier alpha value is -1.99. The molecule has 28 heavy (non-hydrogen) atoms. The maximum absolute atomic E-state index is 13.7. The third-order valence-electron chi connectivity index (χ3n) is 4.50. The van der Waals surface area contributed by atoms with Gasteiger partial charge in [-0.3, -0.25) is 0 Å². The van der Waals surface area contributed by atoms with Gasteiger partial charge in [0, 0.05) is 10.7 Å². The number of benzene rings is 2. The zero-order chi connectivity index (χ0) is 21.0. The van der Waals surface area contributed by atoms with E-state index in [9.17, 15) is 26.2 Å². The first kappa shape index (κ1) is 20.7. The van der Waals surface area contributed by atoms with Gasteiger partial charge in [-0.25, -0.2) is 0 Å². The summed E-state index contributed by atoms with van der Waals surface area (Å²) in [5.74, 6) is -0.540. The molecule has 1 aliphatic heterocycles. The van der Waals surface area contributed by atoms with Gasteiger partial charge in [0.05, 0.1) is 0 Å². The Bertz CT molecular complexity index is 1060. The highest BCUT2D eigenvalue weighted by molar-refractivity contribution is 7.88. The van der Waals surface area contributed by atoms with Crippen LogP contribution in [0.4, 0.5) is 13.2 Å². The molecule has 3 rings (SSSR count). The summed E-state index contributed by atoms with van der Waals surface area (Å²) in [6.45, 7) is 4.97. The fourth-order valence-electron chi connectivity index (χ4n) is 2.87. The second-order valence-corrected chi connectivity index (χ2v) is 12.4. The number of hydrogen-bond donors (Lipinski definition) is 0. The molecular weight excluding hydrogens is 416 g/mol. The summed E-state index contributed by atoms with van der Waals surface area (Å²) in [4.78, 5) is 0. The molecule has 0 saturated heterocycles. The first-order valence-corrected chi connectivity index (χ1v) is 11.5. The fraction of sp³-hybridized carbons (Fsp3) is 0.333. The van der Waals surface area contributed by atoms with Crippen molar-refractivity contribution in [2.24, 2.45) is 0 Å². The van der Waals surface area contributed by atoms with Gasteiger partial charge in [0.1, 0.15) is 17.4 Å². The van der Waals surface area contributed by atoms with Gasteiger partial charge >= 0.3 is 15.6 Å². The van der Waals surface area contributed by atoms with E-state index in [1.807, 2.05) is 0 Å². The Morgan fingerprint density at radius 2 is 1.64 bits per heavy atom. The number of rotatable bonds is 3. The van der Waals surface area contributed by atoms with E-state index in [0.717, 1.165) is 6.07 Å². The molecule has 0 saturated carbocycles. The highest BCUT2D eigenvalue weighted by Gasteiger charge is 2.52. The van der Waals surface area contributed by atoms with Crippen LogP contribution in [0.5, 0.6) is 11.5 Å². The first-order chi connectivity index (χ1) is 12.8. The summed E-state index contributed by atoms with van der Waals surface area (Å²) in [5, 5.41) is -0.998. The molecule has 0 radical (unpaired) electrons. The van der Waals surface area contributed by atoms with Gasteiger partial charge < -0.3 is 13.5 Å². The van der Waals surface area contributed by atoms with Crippen molar-refractivity contribution in [3.05, 3.63) is 42.5 Å². The fourth-order valence-corrected chi connectivity index (χ4v) is 5.89. The molecule has 2 aromatic rings. The normalized spacial score (nSPS) is 19.8. The minimum atomic E-state index is -5.92. The van der Waals surface area contributed by atoms with E-state index in [-0.39, 0.29) is 17.4 Å². The monoisotopic (exact) mass is 434 g/mol. The molecule has 5 nitrogen and oxygen atoms in total. The molecule has 0 N–H and O–H groups in total. The van der Waals surface area contributed by atoms with Crippen molar-refractivity contribution < 1.29 is 35.1 Å². The van der Waals surface area contributed by atoms with Crippen LogP contribution in [0, 0.1) is 0 Å². The van der Waals surface area contributed by atoms with Gasteiger partial charge in [-0.15, -0.1) is 0 Å². The molecular formula is C18H18F3O5PS. The Balaban J connectivity index is 2.27. The Labute approximate surface area is 161 Å². The molecule has 0 aromatic heterocycles. The van der Waals surface area contributed by atoms with Crippen molar-refractivity contribution >= 4 is 22.6 Å². The van der Waals surface area contributed by atoms with Gasteiger partial charge in [-0.1, -0.05) is 51.1 Å². The van der Waals surface area contributed by atoms with E-state index >= 15 is 0 Å². The second-order valence-electron chi connectivity index (χ2n) is 7.32. The summed E-state index contributed by atoms with van der Waals surface area (Å²) < 4.78 is 85.4. The Morgan fingerprint density at radius 1 is 1.04 bits per heavy atom. The highest BCUT2D eigenvalue weighted by Crippen LogP contribution is 2.64. The summed E-state index contributed by atoms with van der Waals surface area (Å²) in [5.41, 5.74) is -4.43. The maximum Gasteiger partial charge on any atom is 0.534 e. The van der Waals surface area contributed by atoms with Crippen molar-refractivity contribution in [1.29, 1.82) is 0 Å². The van der Waals surface area contributed by atoms with Crippen LogP contribution in [0.1, 0.15) is 20.8 Å². The SMILES string of the molecule is CC(C)(C)[P@@]1(=O)COc2c(-c3ccccc3)ccc(OS(=O)(=O)C(F)(F)F)c21. The molecule has 1 heterocycles. The van der Waals surface area contributed by atoms with Gasteiger partial charge in [0.25, 0.3) is 0 Å². The summed E-state index contributed by atoms with van der Waals surface area (Å²) in [7, 11) is -9.37. The van der Waals surface area contributed by atoms with Gasteiger partial charge in [-0.2, -0.15) is 21.6 Å². The van der Waals surface area contributed by atoms with Crippen LogP contribution in [0.2, 0.25) is 0 Å². The van der Waals surface area contributed by atoms with E-state index in [1.54, 1.807) is 51.1 Å². The van der Waals surface area contributed by atoms with Crippen LogP contribution in [0.3, 0.4) is 0 Å². The minimum Gasteiger partial charge on any atom is -0.484 e. The van der Waals surface area contributed by atoms with Crippen molar-refractivity contribution in [2.75, 3.05) is 6.35 Å². The quantitative estimate of drug-likeness (QED) is 0.397. The third-order valence-corrected chi connectivity index (χ3v) is 9.27. The molecule has 2 aromatic carbocycles. The van der Waals surface area contributed by atoms with Crippen LogP contribution in [0.25, 0.3) is 11.1 Å². The molecule has 1 aliphatic rings. The summed E-state index contributed by atoms with van der Waals surface area (Å²) >= 11 is 0. The number of hydrogen-bond acceptors (Lipinski definition) is 5. The molecule has 152 valence electrons. The van der Waals surface area contributed by atoms with Crippen LogP contribution >= 0.6 is 7.14 Å². The van der Waals surface area contributed by atoms with Crippen molar-refractivity contribution in [3.8, 4) is 22.6 Å². The molecule has 0 amide bonds. The van der Waals surface area contributed by atoms with Crippen LogP contribution in [0.15, 0.2) is 42.5 Å². The zero-order valence-corrected chi connectivity index (χ0v) is 17.0. The Morgan fingerprint density at radius 3 is 2.18 bits per heavy atom. The predicted octanol–water partition coefficient (Wildman–Crippen LogP) is 4.72. The molecule has 0 bridgehead atoms. The number of alkyl halides is 3. The smallest absolute Gasteiger partial charge is 0.484 e. The molecule has 10 heteroatoms. The van der Waals surface area contributed by atoms with Gasteiger partial charge in [-0.05, 0) is 17.7 Å². The van der Waals surface area contributed by atoms with E-state index in [0.29, 0.717) is 11.1 Å². The van der Waals surface area contributed by atoms with E-state index in [1.165, 1.54) is 6.07 Å². The number of halogens is 3. The van der Waals surface area contributed by atoms with Crippen molar-refractivity contribution in [2.45, 2.75) is 31.4 Å². The predicted molar refractivity (Wildman–Crippen MR) is 100.0 cm³/mol. The average molecular weight is 434 g/mol. The lowest BCUT2D eigenvalue weighted by Gasteiger charge is -2.27. The number of fused-ring (bicyclic) bond motifs is 1. The van der Waals surface area contributed by atoms with Crippen LogP contribution in [-0.4, -0.2) is 25.4 Å². The zero-order valence-electron chi connectivity index (χ0n) is 15.3. The maximum atomic E-state index is 13.7. The first-order valence-electron chi connectivity index (χ1n) is 8.24. The molecule has 0 aliphatic carbocycles. The van der Waals surface area contributed by atoms with E-state index in [2.05, 4.69) is 4.18 Å². The highest BCUT2D eigenvalue weighted by atomic mass is 32.2. The third kappa shape index (κ3) is 3.31. The van der Waals surface area contributed by atoms with Gasteiger partial charge in [0.2, 0.25) is 0 Å². The Kier molecular flexibility index (Phi) is 4.83. The number of ether oxygens (including phenoxy) is 1. The summed E-state index contributed by atoms with van der Waals surface area (Å²) in [6, 6.07) is 11.3. The second kappa shape index (κ2) is 6.52. The molecule has 1 atom stereocenters. The van der Waals surface area contributed by atoms with Gasteiger partial charge in [0.15, 0.2) is 12.9 Å². The molecule has 0 unspecified atom stereocenters. The minimum absolute atomic E-state index is 0.0827. The molecule has 0 spiro atoms. The lowest BCUT2D eigenvalue weighted by Crippen LogP contribution is -2.30. The van der Waals surface area contributed by atoms with E-state index in [4.69, 9.17) is 4.74 Å². The van der Waals surface area contributed by atoms with E-state index < -0.39 is 33.7 Å². The lowest BCUT2D eigenvalue weighted by molar-refractivity contribution is -0.0499. The average Bonchev–Trinajstić information content (AvgIpc) is 2.94. The molecule has 0 fully saturated rings. The topological polar surface area (TPSA) is 69.7 Å². The van der Waals surface area contributed by atoms with Crippen LogP contribution in [-0.2, 0) is 14.7 Å². The lowest BCUT2D eigenvalue weighted by atomic mass is 10.0. The summed E-state index contributed by atoms with van der Waals surface area (Å²) in [6.07, 6.45) is -0.252. The van der Waals surface area contributed by atoms with Crippen LogP contribution < -0.4 is 14.2 Å². The van der Waals surface area contributed by atoms with Crippen molar-refractivity contribution in [3.63, 3.8) is 0 Å². The largest absolute Gasteiger partial charge is 0.534 e.